The molecule has 1 saturated heterocycles. The molecule has 4 aromatic rings. The Kier molecular flexibility index (Phi) is 4.71. The Morgan fingerprint density at radius 1 is 0.867 bits per heavy atom. The van der Waals surface area contributed by atoms with Crippen molar-refractivity contribution in [2.75, 3.05) is 26.2 Å². The van der Waals surface area contributed by atoms with Crippen LogP contribution in [0.25, 0.3) is 21.8 Å². The summed E-state index contributed by atoms with van der Waals surface area (Å²) in [6, 6.07) is 13.4. The van der Waals surface area contributed by atoms with E-state index in [4.69, 9.17) is 11.6 Å². The summed E-state index contributed by atoms with van der Waals surface area (Å²) in [6.07, 6.45) is 3.96. The lowest BCUT2D eigenvalue weighted by molar-refractivity contribution is -0.131. The van der Waals surface area contributed by atoms with Crippen LogP contribution >= 0.6 is 11.6 Å². The third-order valence-corrected chi connectivity index (χ3v) is 6.05. The van der Waals surface area contributed by atoms with Crippen molar-refractivity contribution < 1.29 is 9.59 Å². The second kappa shape index (κ2) is 7.54. The number of nitrogens with one attached hydrogen (secondary N) is 2. The number of aromatic nitrogens is 2. The minimum absolute atomic E-state index is 0.00539. The van der Waals surface area contributed by atoms with E-state index in [1.165, 1.54) is 0 Å². The first-order valence-corrected chi connectivity index (χ1v) is 10.4. The highest BCUT2D eigenvalue weighted by molar-refractivity contribution is 6.31. The molecule has 2 aromatic heterocycles. The maximum absolute atomic E-state index is 13.0. The van der Waals surface area contributed by atoms with Crippen LogP contribution in [0.3, 0.4) is 0 Å². The lowest BCUT2D eigenvalue weighted by Gasteiger charge is -2.34. The Morgan fingerprint density at radius 3 is 2.40 bits per heavy atom. The fourth-order valence-corrected chi connectivity index (χ4v) is 4.32. The summed E-state index contributed by atoms with van der Waals surface area (Å²) in [5.74, 6) is 0.0703. The van der Waals surface area contributed by atoms with Crippen LogP contribution in [0.2, 0.25) is 5.02 Å². The Bertz CT molecular complexity index is 1250. The molecule has 1 fully saturated rings. The van der Waals surface area contributed by atoms with Gasteiger partial charge in [0.25, 0.3) is 5.91 Å². The molecule has 0 radical (unpaired) electrons. The van der Waals surface area contributed by atoms with E-state index in [2.05, 4.69) is 9.97 Å². The summed E-state index contributed by atoms with van der Waals surface area (Å²) in [7, 11) is 0. The Morgan fingerprint density at radius 2 is 1.57 bits per heavy atom. The summed E-state index contributed by atoms with van der Waals surface area (Å²) in [5.41, 5.74) is 3.54. The van der Waals surface area contributed by atoms with Gasteiger partial charge < -0.3 is 19.8 Å². The van der Waals surface area contributed by atoms with Crippen LogP contribution in [0.5, 0.6) is 0 Å². The highest BCUT2D eigenvalue weighted by atomic mass is 35.5. The molecule has 2 aromatic carbocycles. The lowest BCUT2D eigenvalue weighted by atomic mass is 10.1. The average molecular weight is 421 g/mol. The van der Waals surface area contributed by atoms with Gasteiger partial charge in [-0.25, -0.2) is 0 Å². The van der Waals surface area contributed by atoms with E-state index in [0.717, 1.165) is 27.4 Å². The van der Waals surface area contributed by atoms with E-state index in [9.17, 15) is 9.59 Å². The first kappa shape index (κ1) is 18.8. The number of hydrogen-bond acceptors (Lipinski definition) is 2. The molecule has 6 nitrogen and oxygen atoms in total. The van der Waals surface area contributed by atoms with Gasteiger partial charge in [-0.05, 0) is 29.8 Å². The molecule has 0 atom stereocenters. The molecule has 0 unspecified atom stereocenters. The van der Waals surface area contributed by atoms with Gasteiger partial charge in [-0.1, -0.05) is 29.8 Å². The van der Waals surface area contributed by atoms with Gasteiger partial charge in [-0.15, -0.1) is 0 Å². The van der Waals surface area contributed by atoms with Crippen molar-refractivity contribution in [2.45, 2.75) is 6.42 Å². The number of carbonyl (C=O) groups is 2. The number of nitrogens with zero attached hydrogens (tertiary/aromatic N) is 2. The average Bonchev–Trinajstić information content (AvgIpc) is 3.37. The predicted molar refractivity (Wildman–Crippen MR) is 118 cm³/mol. The number of benzene rings is 2. The maximum atomic E-state index is 13.0. The first-order chi connectivity index (χ1) is 14.6. The highest BCUT2D eigenvalue weighted by Gasteiger charge is 2.26. The number of rotatable bonds is 3. The number of carbonyl (C=O) groups excluding carboxylic acids is 2. The predicted octanol–water partition coefficient (Wildman–Crippen LogP) is 3.83. The zero-order valence-electron chi connectivity index (χ0n) is 16.3. The molecule has 5 rings (SSSR count). The van der Waals surface area contributed by atoms with Gasteiger partial charge >= 0.3 is 0 Å². The van der Waals surface area contributed by atoms with Crippen LogP contribution in [-0.4, -0.2) is 57.8 Å². The van der Waals surface area contributed by atoms with E-state index in [-0.39, 0.29) is 11.8 Å². The van der Waals surface area contributed by atoms with Gasteiger partial charge in [0.2, 0.25) is 5.91 Å². The van der Waals surface area contributed by atoms with Crippen molar-refractivity contribution in [2.24, 2.45) is 0 Å². The van der Waals surface area contributed by atoms with Crippen LogP contribution in [0.15, 0.2) is 54.9 Å². The van der Waals surface area contributed by atoms with Crippen molar-refractivity contribution in [1.29, 1.82) is 0 Å². The van der Waals surface area contributed by atoms with E-state index in [1.54, 1.807) is 6.20 Å². The third-order valence-electron chi connectivity index (χ3n) is 5.81. The number of H-pyrrole nitrogens is 2. The van der Waals surface area contributed by atoms with Crippen LogP contribution in [0.1, 0.15) is 15.9 Å². The second-order valence-corrected chi connectivity index (χ2v) is 8.04. The third kappa shape index (κ3) is 3.33. The molecule has 1 aliphatic heterocycles. The van der Waals surface area contributed by atoms with Crippen LogP contribution in [0.4, 0.5) is 0 Å². The van der Waals surface area contributed by atoms with Gasteiger partial charge in [0.1, 0.15) is 0 Å². The van der Waals surface area contributed by atoms with Gasteiger partial charge in [0.05, 0.1) is 12.0 Å². The van der Waals surface area contributed by atoms with E-state index < -0.39 is 0 Å². The maximum Gasteiger partial charge on any atom is 0.256 e. The fraction of sp³-hybridized carbons (Fsp3) is 0.217. The highest BCUT2D eigenvalue weighted by Crippen LogP contribution is 2.24. The molecule has 152 valence electrons. The topological polar surface area (TPSA) is 72.2 Å². The molecular formula is C23H21ClN4O2. The van der Waals surface area contributed by atoms with E-state index >= 15 is 0 Å². The smallest absolute Gasteiger partial charge is 0.256 e. The summed E-state index contributed by atoms with van der Waals surface area (Å²) in [5, 5.41) is 2.56. The summed E-state index contributed by atoms with van der Waals surface area (Å²) in [6.45, 7) is 2.14. The standard InChI is InChI=1S/C23H21ClN4O2/c24-16-5-6-21-18(12-16)15(13-25-21)11-22(29)27-7-9-28(10-8-27)23(30)19-14-26-20-4-2-1-3-17(19)20/h1-6,12-14,25-26H,7-11H2. The normalized spacial score (nSPS) is 14.6. The number of piperazine rings is 1. The SMILES string of the molecule is O=C(Cc1c[nH]c2ccc(Cl)cc12)N1CCN(C(=O)c2c[nH]c3ccccc23)CC1. The van der Waals surface area contributed by atoms with Gasteiger partial charge in [0.15, 0.2) is 0 Å². The fourth-order valence-electron chi connectivity index (χ4n) is 4.15. The van der Waals surface area contributed by atoms with Gasteiger partial charge in [-0.2, -0.15) is 0 Å². The number of hydrogen-bond donors (Lipinski definition) is 2. The van der Waals surface area contributed by atoms with Crippen molar-refractivity contribution >= 4 is 45.2 Å². The first-order valence-electron chi connectivity index (χ1n) is 9.99. The molecule has 7 heteroatoms. The van der Waals surface area contributed by atoms with Gasteiger partial charge in [-0.3, -0.25) is 9.59 Å². The molecule has 0 saturated carbocycles. The Labute approximate surface area is 178 Å². The summed E-state index contributed by atoms with van der Waals surface area (Å²) >= 11 is 6.11. The van der Waals surface area contributed by atoms with E-state index in [1.807, 2.05) is 58.5 Å². The summed E-state index contributed by atoms with van der Waals surface area (Å²) in [4.78, 5) is 35.8. The van der Waals surface area contributed by atoms with Crippen molar-refractivity contribution in [3.05, 3.63) is 71.0 Å². The largest absolute Gasteiger partial charge is 0.361 e. The quantitative estimate of drug-likeness (QED) is 0.528. The Hall–Kier alpha value is -3.25. The molecule has 0 spiro atoms. The summed E-state index contributed by atoms with van der Waals surface area (Å²) < 4.78 is 0. The number of para-hydroxylation sites is 1. The van der Waals surface area contributed by atoms with Crippen LogP contribution in [-0.2, 0) is 11.2 Å². The molecule has 0 aliphatic carbocycles. The number of aromatic amines is 2. The monoisotopic (exact) mass is 420 g/mol. The van der Waals surface area contributed by atoms with E-state index in [0.29, 0.717) is 43.2 Å². The molecule has 2 amide bonds. The van der Waals surface area contributed by atoms with Crippen molar-refractivity contribution in [3.8, 4) is 0 Å². The van der Waals surface area contributed by atoms with Gasteiger partial charge in [0, 0.05) is 65.4 Å². The molecule has 2 N–H and O–H groups in total. The zero-order chi connectivity index (χ0) is 20.7. The number of fused-ring (bicyclic) bond motifs is 2. The minimum Gasteiger partial charge on any atom is -0.361 e. The molecule has 0 bridgehead atoms. The lowest BCUT2D eigenvalue weighted by Crippen LogP contribution is -2.51. The minimum atomic E-state index is 0.00539. The van der Waals surface area contributed by atoms with Crippen molar-refractivity contribution in [3.63, 3.8) is 0 Å². The second-order valence-electron chi connectivity index (χ2n) is 7.60. The Balaban J connectivity index is 1.24. The van der Waals surface area contributed by atoms with Crippen molar-refractivity contribution in [1.82, 2.24) is 19.8 Å². The molecule has 30 heavy (non-hydrogen) atoms. The van der Waals surface area contributed by atoms with Crippen LogP contribution < -0.4 is 0 Å². The molecule has 3 heterocycles. The van der Waals surface area contributed by atoms with Crippen LogP contribution in [0, 0.1) is 0 Å². The zero-order valence-corrected chi connectivity index (χ0v) is 17.1. The molecular weight excluding hydrogens is 400 g/mol. The molecule has 1 aliphatic rings. The number of halogens is 1. The number of amides is 2.